The van der Waals surface area contributed by atoms with E-state index in [0.717, 1.165) is 169 Å². The van der Waals surface area contributed by atoms with Gasteiger partial charge in [0.05, 0.1) is 18.1 Å². The van der Waals surface area contributed by atoms with Crippen LogP contribution in [0.4, 0.5) is 0 Å². The Labute approximate surface area is 677 Å². The van der Waals surface area contributed by atoms with E-state index in [-0.39, 0.29) is 41.8 Å². The van der Waals surface area contributed by atoms with Crippen molar-refractivity contribution in [2.45, 2.75) is 141 Å². The van der Waals surface area contributed by atoms with Crippen LogP contribution in [0.5, 0.6) is 0 Å². The van der Waals surface area contributed by atoms with Crippen molar-refractivity contribution in [1.29, 1.82) is 0 Å². The van der Waals surface area contributed by atoms with Crippen LogP contribution < -0.4 is 16.0 Å². The zero-order valence-corrected chi connectivity index (χ0v) is 65.7. The molecule has 10 aromatic carbocycles. The number of para-hydroxylation sites is 4. The normalized spacial score (nSPS) is 12.9. The number of fused-ring (bicyclic) bond motifs is 3. The van der Waals surface area contributed by atoms with Gasteiger partial charge in [-0.2, -0.15) is 0 Å². The molecule has 3 atom stereocenters. The second-order valence-electron chi connectivity index (χ2n) is 30.1. The standard InChI is InChI=1S/C35H39N5O.C35H33N5O.C28H27N5O/c2*41-35(28-16-8-3-9-17-28)37-32(24-29-25-36-31-19-11-10-18-30(29)31)34-39-38-33(21-20-26-12-4-1-5-13-26)40(34)23-22-27-14-6-2-7-15-27;1-20(34)30-26(18-22-19-29-25-15-9-8-14-24(22)25)28-32-31-27(17-16-21-10-4-2-5-11-21)33(28)23-12-6-3-7-13-23/h1-2,4-7,10-15,18-19,25,28,32,36H,3,8-9,16-17,20-24H2,(H,37,41);1-19,25,32,36H,20-24H2,(H,37,41);2-15,19,26,29H,16-18H2,1H3,(H,30,34)/t2*32-;26-/m111/s1. The van der Waals surface area contributed by atoms with Gasteiger partial charge in [-0.15, -0.1) is 30.6 Å². The van der Waals surface area contributed by atoms with E-state index in [1.165, 1.54) is 45.2 Å². The lowest BCUT2D eigenvalue weighted by Gasteiger charge is -2.25. The van der Waals surface area contributed by atoms with Crippen molar-refractivity contribution in [3.8, 4) is 5.69 Å². The van der Waals surface area contributed by atoms with Crippen LogP contribution in [-0.4, -0.2) is 77.0 Å². The molecule has 0 radical (unpaired) electrons. The Morgan fingerprint density at radius 1 is 0.353 bits per heavy atom. The van der Waals surface area contributed by atoms with Crippen LogP contribution in [0, 0.1) is 5.92 Å². The minimum Gasteiger partial charge on any atom is -0.361 e. The molecule has 584 valence electrons. The fraction of sp³-hybridized carbons (Fsp3) is 0.235. The molecule has 1 saturated carbocycles. The molecule has 3 amide bonds. The van der Waals surface area contributed by atoms with Crippen molar-refractivity contribution >= 4 is 50.4 Å². The van der Waals surface area contributed by atoms with Gasteiger partial charge in [-0.1, -0.05) is 262 Å². The Morgan fingerprint density at radius 3 is 1.10 bits per heavy atom. The van der Waals surface area contributed by atoms with Crippen LogP contribution in [0.1, 0.15) is 147 Å². The number of nitrogens with zero attached hydrogens (tertiary/aromatic N) is 9. The molecule has 0 unspecified atom stereocenters. The van der Waals surface area contributed by atoms with Crippen molar-refractivity contribution in [3.05, 3.63) is 389 Å². The number of hydrogen-bond donors (Lipinski definition) is 6. The van der Waals surface area contributed by atoms with Crippen molar-refractivity contribution in [1.82, 2.24) is 75.2 Å². The summed E-state index contributed by atoms with van der Waals surface area (Å²) in [6.07, 6.45) is 20.0. The van der Waals surface area contributed by atoms with Gasteiger partial charge in [-0.25, -0.2) is 0 Å². The first-order valence-electron chi connectivity index (χ1n) is 40.8. The molecule has 0 spiro atoms. The molecular weight excluding hydrogens is 1440 g/mol. The van der Waals surface area contributed by atoms with Gasteiger partial charge in [0.2, 0.25) is 11.8 Å². The van der Waals surface area contributed by atoms with Gasteiger partial charge in [-0.05, 0) is 132 Å². The number of amides is 3. The summed E-state index contributed by atoms with van der Waals surface area (Å²) in [6, 6.07) is 95.7. The molecule has 0 aliphatic heterocycles. The fourth-order valence-electron chi connectivity index (χ4n) is 16.0. The second kappa shape index (κ2) is 38.9. The van der Waals surface area contributed by atoms with Crippen molar-refractivity contribution in [2.75, 3.05) is 0 Å². The summed E-state index contributed by atoms with van der Waals surface area (Å²) in [7, 11) is 0. The number of aromatic amines is 3. The molecule has 18 nitrogen and oxygen atoms in total. The Balaban J connectivity index is 0.000000137. The first-order chi connectivity index (χ1) is 57.2. The SMILES string of the molecule is CC(=O)N[C@H](Cc1c[nH]c2ccccc12)c1nnc(CCc2ccccc2)n1-c1ccccc1.O=C(N[C@H](Cc1c[nH]c2ccccc12)c1nnc(CCc2ccccc2)n1CCc1ccccc1)C1CCCCC1.O=C(N[C@H](Cc1c[nH]c2ccccc12)c1nnc(CCc2ccccc2)n1CCc1ccccc1)c1ccccc1. The summed E-state index contributed by atoms with van der Waals surface area (Å²) in [6.45, 7) is 3.03. The first-order valence-corrected chi connectivity index (χ1v) is 40.8. The Bertz CT molecular complexity index is 5770. The van der Waals surface area contributed by atoms with E-state index in [0.29, 0.717) is 24.8 Å². The highest BCUT2D eigenvalue weighted by molar-refractivity contribution is 5.94. The number of aromatic nitrogens is 12. The third-order valence-electron chi connectivity index (χ3n) is 22.1. The number of carbonyl (C=O) groups excluding carboxylic acids is 3. The molecule has 116 heavy (non-hydrogen) atoms. The molecule has 1 aliphatic carbocycles. The van der Waals surface area contributed by atoms with Gasteiger partial charge in [0, 0.05) is 127 Å². The zero-order valence-electron chi connectivity index (χ0n) is 65.7. The number of hydrogen-bond acceptors (Lipinski definition) is 9. The van der Waals surface area contributed by atoms with Crippen LogP contribution in [-0.2, 0) is 93.3 Å². The van der Waals surface area contributed by atoms with Crippen molar-refractivity contribution in [2.24, 2.45) is 5.92 Å². The molecule has 1 aliphatic rings. The van der Waals surface area contributed by atoms with Gasteiger partial charge in [0.1, 0.15) is 17.5 Å². The largest absolute Gasteiger partial charge is 0.361 e. The highest BCUT2D eigenvalue weighted by Crippen LogP contribution is 2.32. The molecule has 17 rings (SSSR count). The Morgan fingerprint density at radius 2 is 0.690 bits per heavy atom. The smallest absolute Gasteiger partial charge is 0.251 e. The molecule has 6 aromatic heterocycles. The summed E-state index contributed by atoms with van der Waals surface area (Å²) in [5.74, 6) is 5.13. The average Bonchev–Trinajstić information content (AvgIpc) is 1.63. The molecule has 18 heteroatoms. The third kappa shape index (κ3) is 20.2. The van der Waals surface area contributed by atoms with Crippen molar-refractivity contribution < 1.29 is 14.4 Å². The van der Waals surface area contributed by atoms with Gasteiger partial charge >= 0.3 is 0 Å². The molecule has 1 fully saturated rings. The highest BCUT2D eigenvalue weighted by atomic mass is 16.2. The Kier molecular flexibility index (Phi) is 26.2. The minimum absolute atomic E-state index is 0.0764. The molecule has 16 aromatic rings. The zero-order chi connectivity index (χ0) is 79.0. The van der Waals surface area contributed by atoms with Gasteiger partial charge in [0.25, 0.3) is 5.91 Å². The number of carbonyl (C=O) groups is 3. The highest BCUT2D eigenvalue weighted by Gasteiger charge is 2.31. The van der Waals surface area contributed by atoms with E-state index in [9.17, 15) is 14.4 Å². The maximum absolute atomic E-state index is 13.6. The first kappa shape index (κ1) is 77.9. The second-order valence-corrected chi connectivity index (χ2v) is 30.1. The number of aryl methyl sites for hydroxylation is 8. The van der Waals surface area contributed by atoms with E-state index in [4.69, 9.17) is 15.3 Å². The van der Waals surface area contributed by atoms with Gasteiger partial charge in [0.15, 0.2) is 17.5 Å². The third-order valence-corrected chi connectivity index (χ3v) is 22.1. The maximum atomic E-state index is 13.6. The summed E-state index contributed by atoms with van der Waals surface area (Å²) in [5.41, 5.74) is 14.6. The Hall–Kier alpha value is -13.4. The van der Waals surface area contributed by atoms with E-state index < -0.39 is 0 Å². The summed E-state index contributed by atoms with van der Waals surface area (Å²) in [4.78, 5) is 49.4. The summed E-state index contributed by atoms with van der Waals surface area (Å²) >= 11 is 0. The molecule has 6 N–H and O–H groups in total. The van der Waals surface area contributed by atoms with Gasteiger partial charge in [-0.3, -0.25) is 19.0 Å². The van der Waals surface area contributed by atoms with Crippen LogP contribution in [0.3, 0.4) is 0 Å². The molecule has 6 heterocycles. The fourth-order valence-corrected chi connectivity index (χ4v) is 16.0. The predicted octanol–water partition coefficient (Wildman–Crippen LogP) is 18.2. The quantitative estimate of drug-likeness (QED) is 0.0251. The van der Waals surface area contributed by atoms with E-state index in [2.05, 4.69) is 248 Å². The predicted molar refractivity (Wildman–Crippen MR) is 460 cm³/mol. The van der Waals surface area contributed by atoms with Crippen LogP contribution in [0.15, 0.2) is 304 Å². The van der Waals surface area contributed by atoms with Crippen LogP contribution >= 0.6 is 0 Å². The summed E-state index contributed by atoms with van der Waals surface area (Å²) in [5, 5.41) is 41.5. The lowest BCUT2D eigenvalue weighted by Crippen LogP contribution is -2.37. The monoisotopic (exact) mass is 1530 g/mol. The summed E-state index contributed by atoms with van der Waals surface area (Å²) < 4.78 is 6.59. The molecule has 0 saturated heterocycles. The van der Waals surface area contributed by atoms with Crippen molar-refractivity contribution in [3.63, 3.8) is 0 Å². The lowest BCUT2D eigenvalue weighted by atomic mass is 9.88. The number of H-pyrrole nitrogens is 3. The average molecular weight is 1530 g/mol. The number of benzene rings is 10. The molecular formula is C98H99N15O3. The minimum atomic E-state index is -0.365. The number of nitrogens with one attached hydrogen (secondary N) is 6. The van der Waals surface area contributed by atoms with Crippen LogP contribution in [0.25, 0.3) is 38.4 Å². The van der Waals surface area contributed by atoms with Gasteiger partial charge < -0.3 is 40.0 Å². The topological polar surface area (TPSA) is 227 Å². The van der Waals surface area contributed by atoms with E-state index in [1.807, 2.05) is 116 Å². The van der Waals surface area contributed by atoms with E-state index in [1.54, 1.807) is 6.92 Å². The number of rotatable bonds is 30. The van der Waals surface area contributed by atoms with E-state index >= 15 is 0 Å². The lowest BCUT2D eigenvalue weighted by molar-refractivity contribution is -0.126. The molecule has 0 bridgehead atoms. The van der Waals surface area contributed by atoms with Crippen LogP contribution in [0.2, 0.25) is 0 Å². The maximum Gasteiger partial charge on any atom is 0.251 e.